The van der Waals surface area contributed by atoms with Gasteiger partial charge in [0.25, 0.3) is 0 Å². The van der Waals surface area contributed by atoms with E-state index < -0.39 is 10.0 Å². The Balaban J connectivity index is 1.62. The van der Waals surface area contributed by atoms with Crippen LogP contribution in [0.4, 0.5) is 5.69 Å². The second kappa shape index (κ2) is 10.5. The van der Waals surface area contributed by atoms with Crippen molar-refractivity contribution in [2.45, 2.75) is 63.5 Å². The summed E-state index contributed by atoms with van der Waals surface area (Å²) in [4.78, 5) is 7.13. The summed E-state index contributed by atoms with van der Waals surface area (Å²) in [5.41, 5.74) is 1.71. The minimum Gasteiger partial charge on any atom is -0.355 e. The van der Waals surface area contributed by atoms with Crippen molar-refractivity contribution in [1.82, 2.24) is 15.5 Å². The van der Waals surface area contributed by atoms with Crippen LogP contribution >= 0.6 is 0 Å². The second-order valence-corrected chi connectivity index (χ2v) is 10.4. The summed E-state index contributed by atoms with van der Waals surface area (Å²) in [6.45, 7) is 3.81. The number of hydrogen-bond acceptors (Lipinski definition) is 4. The highest BCUT2D eigenvalue weighted by atomic mass is 32.2. The lowest BCUT2D eigenvalue weighted by Gasteiger charge is -2.48. The molecule has 1 aromatic carbocycles. The number of nitrogens with zero attached hydrogens (tertiary/aromatic N) is 2. The van der Waals surface area contributed by atoms with Crippen LogP contribution < -0.4 is 15.4 Å². The molecule has 0 amide bonds. The van der Waals surface area contributed by atoms with E-state index in [1.165, 1.54) is 70.7 Å². The molecule has 3 rings (SSSR count). The van der Waals surface area contributed by atoms with Crippen molar-refractivity contribution >= 4 is 21.7 Å². The van der Waals surface area contributed by atoms with Crippen molar-refractivity contribution < 1.29 is 8.42 Å². The molecule has 0 unspecified atom stereocenters. The molecule has 2 aliphatic rings. The van der Waals surface area contributed by atoms with E-state index in [2.05, 4.69) is 25.2 Å². The first-order valence-electron chi connectivity index (χ1n) is 11.2. The molecular weight excluding hydrogens is 398 g/mol. The van der Waals surface area contributed by atoms with Gasteiger partial charge in [-0.05, 0) is 50.4 Å². The van der Waals surface area contributed by atoms with Gasteiger partial charge in [-0.3, -0.25) is 14.6 Å². The third-order valence-electron chi connectivity index (χ3n) is 6.38. The summed E-state index contributed by atoms with van der Waals surface area (Å²) in [7, 11) is -1.54. The third kappa shape index (κ3) is 6.35. The van der Waals surface area contributed by atoms with E-state index >= 15 is 0 Å². The number of aliphatic imine (C=N–C) groups is 1. The Morgan fingerprint density at radius 3 is 2.37 bits per heavy atom. The van der Waals surface area contributed by atoms with E-state index in [0.29, 0.717) is 12.2 Å². The maximum Gasteiger partial charge on any atom is 0.229 e. The zero-order valence-corrected chi connectivity index (χ0v) is 19.2. The van der Waals surface area contributed by atoms with E-state index in [9.17, 15) is 8.42 Å². The molecule has 0 atom stereocenters. The highest BCUT2D eigenvalue weighted by Crippen LogP contribution is 2.35. The first-order valence-corrected chi connectivity index (χ1v) is 13.1. The van der Waals surface area contributed by atoms with Gasteiger partial charge in [-0.2, -0.15) is 0 Å². The summed E-state index contributed by atoms with van der Waals surface area (Å²) in [6, 6.07) is 7.44. The Morgan fingerprint density at radius 1 is 1.03 bits per heavy atom. The van der Waals surface area contributed by atoms with Gasteiger partial charge in [0.15, 0.2) is 5.96 Å². The molecule has 7 nitrogen and oxygen atoms in total. The number of para-hydroxylation sites is 1. The first kappa shape index (κ1) is 22.9. The largest absolute Gasteiger partial charge is 0.355 e. The number of nitrogens with one attached hydrogen (secondary N) is 3. The number of sulfonamides is 1. The summed E-state index contributed by atoms with van der Waals surface area (Å²) < 4.78 is 25.9. The van der Waals surface area contributed by atoms with E-state index in [0.717, 1.165) is 18.1 Å². The lowest BCUT2D eigenvalue weighted by Crippen LogP contribution is -2.59. The zero-order chi connectivity index (χ0) is 21.5. The zero-order valence-electron chi connectivity index (χ0n) is 18.4. The molecule has 0 radical (unpaired) electrons. The lowest BCUT2D eigenvalue weighted by molar-refractivity contribution is 0.0368. The first-order chi connectivity index (χ1) is 14.4. The molecule has 1 saturated heterocycles. The number of rotatable bonds is 7. The number of hydrogen-bond donors (Lipinski definition) is 3. The maximum absolute atomic E-state index is 11.6. The van der Waals surface area contributed by atoms with Crippen LogP contribution in [0, 0.1) is 0 Å². The van der Waals surface area contributed by atoms with Crippen LogP contribution in [0.5, 0.6) is 0 Å². The molecule has 2 fully saturated rings. The van der Waals surface area contributed by atoms with Crippen LogP contribution in [0.3, 0.4) is 0 Å². The van der Waals surface area contributed by atoms with Crippen LogP contribution in [0.1, 0.15) is 56.9 Å². The molecule has 1 aliphatic carbocycles. The summed E-state index contributed by atoms with van der Waals surface area (Å²) >= 11 is 0. The third-order valence-corrected chi connectivity index (χ3v) is 6.97. The SMILES string of the molecule is CN=C(NCc1ccccc1NS(C)(=O)=O)NCC1(N2CCCCC2)CCCCC1. The van der Waals surface area contributed by atoms with Gasteiger partial charge in [0.2, 0.25) is 10.0 Å². The van der Waals surface area contributed by atoms with Gasteiger partial charge in [-0.25, -0.2) is 8.42 Å². The van der Waals surface area contributed by atoms with Crippen molar-refractivity contribution in [3.05, 3.63) is 29.8 Å². The minimum atomic E-state index is -3.32. The normalized spacial score (nSPS) is 20.5. The fraction of sp³-hybridized carbons (Fsp3) is 0.682. The Hall–Kier alpha value is -1.80. The van der Waals surface area contributed by atoms with Crippen molar-refractivity contribution in [3.63, 3.8) is 0 Å². The lowest BCUT2D eigenvalue weighted by atomic mass is 9.79. The van der Waals surface area contributed by atoms with Crippen LogP contribution in [-0.2, 0) is 16.6 Å². The molecule has 0 spiro atoms. The van der Waals surface area contributed by atoms with Crippen LogP contribution in [-0.4, -0.2) is 57.8 Å². The predicted octanol–water partition coefficient (Wildman–Crippen LogP) is 2.91. The Kier molecular flexibility index (Phi) is 7.99. The monoisotopic (exact) mass is 435 g/mol. The Bertz CT molecular complexity index is 813. The number of guanidine groups is 1. The van der Waals surface area contributed by atoms with Gasteiger partial charge < -0.3 is 10.6 Å². The summed E-state index contributed by atoms with van der Waals surface area (Å²) in [5, 5.41) is 6.93. The van der Waals surface area contributed by atoms with Crippen LogP contribution in [0.15, 0.2) is 29.3 Å². The molecule has 8 heteroatoms. The molecule has 168 valence electrons. The minimum absolute atomic E-state index is 0.228. The van der Waals surface area contributed by atoms with Gasteiger partial charge >= 0.3 is 0 Å². The molecule has 0 aromatic heterocycles. The van der Waals surface area contributed by atoms with Gasteiger partial charge in [0.1, 0.15) is 0 Å². The number of benzene rings is 1. The number of likely N-dealkylation sites (tertiary alicyclic amines) is 1. The molecule has 1 aliphatic heterocycles. The highest BCUT2D eigenvalue weighted by Gasteiger charge is 2.38. The van der Waals surface area contributed by atoms with Gasteiger partial charge in [-0.15, -0.1) is 0 Å². The van der Waals surface area contributed by atoms with Crippen LogP contribution in [0.2, 0.25) is 0 Å². The van der Waals surface area contributed by atoms with Crippen molar-refractivity contribution in [2.75, 3.05) is 37.7 Å². The smallest absolute Gasteiger partial charge is 0.229 e. The van der Waals surface area contributed by atoms with Crippen molar-refractivity contribution in [3.8, 4) is 0 Å². The second-order valence-electron chi connectivity index (χ2n) is 8.64. The molecule has 30 heavy (non-hydrogen) atoms. The Morgan fingerprint density at radius 2 is 1.70 bits per heavy atom. The summed E-state index contributed by atoms with van der Waals surface area (Å²) in [6.07, 6.45) is 11.6. The fourth-order valence-electron chi connectivity index (χ4n) is 4.80. The molecular formula is C22H37N5O2S. The quantitative estimate of drug-likeness (QED) is 0.453. The van der Waals surface area contributed by atoms with Gasteiger partial charge in [0, 0.05) is 25.7 Å². The van der Waals surface area contributed by atoms with Gasteiger partial charge in [-0.1, -0.05) is 43.9 Å². The van der Waals surface area contributed by atoms with Crippen LogP contribution in [0.25, 0.3) is 0 Å². The molecule has 1 heterocycles. The highest BCUT2D eigenvalue weighted by molar-refractivity contribution is 7.92. The maximum atomic E-state index is 11.6. The average molecular weight is 436 g/mol. The summed E-state index contributed by atoms with van der Waals surface area (Å²) in [5.74, 6) is 0.756. The van der Waals surface area contributed by atoms with E-state index in [1.54, 1.807) is 13.1 Å². The molecule has 3 N–H and O–H groups in total. The predicted molar refractivity (Wildman–Crippen MR) is 124 cm³/mol. The molecule has 1 aromatic rings. The number of anilines is 1. The van der Waals surface area contributed by atoms with Gasteiger partial charge in [0.05, 0.1) is 11.9 Å². The van der Waals surface area contributed by atoms with E-state index in [4.69, 9.17) is 0 Å². The molecule has 0 bridgehead atoms. The van der Waals surface area contributed by atoms with E-state index in [-0.39, 0.29) is 5.54 Å². The molecule has 1 saturated carbocycles. The number of piperidine rings is 1. The standard InChI is InChI=1S/C22H37N5O2S/c1-23-21(24-17-19-11-5-6-12-20(19)26-30(2,28)29)25-18-22(13-7-3-8-14-22)27-15-9-4-10-16-27/h5-6,11-12,26H,3-4,7-10,13-18H2,1-2H3,(H2,23,24,25). The average Bonchev–Trinajstić information content (AvgIpc) is 2.75. The van der Waals surface area contributed by atoms with Crippen molar-refractivity contribution in [2.24, 2.45) is 4.99 Å². The topological polar surface area (TPSA) is 85.8 Å². The Labute approximate surface area is 181 Å². The fourth-order valence-corrected chi connectivity index (χ4v) is 5.40. The van der Waals surface area contributed by atoms with E-state index in [1.807, 2.05) is 18.2 Å². The van der Waals surface area contributed by atoms with Crippen molar-refractivity contribution in [1.29, 1.82) is 0 Å².